The fraction of sp³-hybridized carbons (Fsp3) is 0.125. The fourth-order valence-electron chi connectivity index (χ4n) is 4.96. The zero-order chi connectivity index (χ0) is 31.2. The lowest BCUT2D eigenvalue weighted by molar-refractivity contribution is 0.0964. The Hall–Kier alpha value is -5.36. The fourth-order valence-corrected chi connectivity index (χ4v) is 5.61. The SMILES string of the molecule is CCS(=O)(=O)Nc1cc2oc(-c3ccc(F)cc3)c(C(=O)NC)c2cc1-c1ccc(OC)c(-c2nc3ccc(N)cc3o2)c1. The molecule has 6 aromatic rings. The Kier molecular flexibility index (Phi) is 7.22. The molecular formula is C32H27FN4O6S. The topological polar surface area (TPSA) is 150 Å². The van der Waals surface area contributed by atoms with Crippen LogP contribution in [-0.2, 0) is 10.0 Å². The second-order valence-electron chi connectivity index (χ2n) is 9.95. The van der Waals surface area contributed by atoms with Gasteiger partial charge in [-0.15, -0.1) is 0 Å². The molecule has 2 aromatic heterocycles. The van der Waals surface area contributed by atoms with E-state index in [0.29, 0.717) is 50.2 Å². The molecule has 4 aromatic carbocycles. The predicted octanol–water partition coefficient (Wildman–Crippen LogP) is 6.43. The van der Waals surface area contributed by atoms with Crippen molar-refractivity contribution < 1.29 is 31.2 Å². The molecule has 0 fully saturated rings. The molecule has 0 saturated carbocycles. The van der Waals surface area contributed by atoms with Crippen LogP contribution in [-0.4, -0.2) is 39.2 Å². The molecule has 10 nitrogen and oxygen atoms in total. The number of hydrogen-bond donors (Lipinski definition) is 3. The maximum absolute atomic E-state index is 13.7. The summed E-state index contributed by atoms with van der Waals surface area (Å²) in [6.45, 7) is 1.52. The quantitative estimate of drug-likeness (QED) is 0.166. The van der Waals surface area contributed by atoms with E-state index in [2.05, 4.69) is 15.0 Å². The second kappa shape index (κ2) is 11.0. The molecule has 0 bridgehead atoms. The number of oxazole rings is 1. The van der Waals surface area contributed by atoms with E-state index in [0.717, 1.165) is 0 Å². The number of nitrogen functional groups attached to an aromatic ring is 1. The van der Waals surface area contributed by atoms with E-state index in [1.165, 1.54) is 51.4 Å². The smallest absolute Gasteiger partial charge is 0.255 e. The van der Waals surface area contributed by atoms with E-state index in [1.807, 2.05) is 0 Å². The van der Waals surface area contributed by atoms with Gasteiger partial charge in [0.2, 0.25) is 15.9 Å². The highest BCUT2D eigenvalue weighted by Gasteiger charge is 2.25. The van der Waals surface area contributed by atoms with Gasteiger partial charge in [-0.25, -0.2) is 17.8 Å². The summed E-state index contributed by atoms with van der Waals surface area (Å²) >= 11 is 0. The van der Waals surface area contributed by atoms with Gasteiger partial charge in [-0.05, 0) is 67.1 Å². The predicted molar refractivity (Wildman–Crippen MR) is 167 cm³/mol. The number of methoxy groups -OCH3 is 1. The number of aromatic nitrogens is 1. The van der Waals surface area contributed by atoms with E-state index >= 15 is 0 Å². The molecule has 0 aliphatic heterocycles. The van der Waals surface area contributed by atoms with Crippen molar-refractivity contribution in [1.29, 1.82) is 0 Å². The zero-order valence-electron chi connectivity index (χ0n) is 23.9. The normalized spacial score (nSPS) is 11.6. The molecule has 0 aliphatic rings. The number of furan rings is 1. The molecule has 0 atom stereocenters. The summed E-state index contributed by atoms with van der Waals surface area (Å²) in [7, 11) is -0.721. The largest absolute Gasteiger partial charge is 0.496 e. The minimum absolute atomic E-state index is 0.174. The number of ether oxygens (including phenoxy) is 1. The number of nitrogens with zero attached hydrogens (tertiary/aromatic N) is 1. The molecule has 0 radical (unpaired) electrons. The summed E-state index contributed by atoms with van der Waals surface area (Å²) in [4.78, 5) is 17.8. The number of halogens is 1. The molecule has 4 N–H and O–H groups in total. The third-order valence-electron chi connectivity index (χ3n) is 7.19. The van der Waals surface area contributed by atoms with Crippen molar-refractivity contribution in [3.05, 3.63) is 84.2 Å². The molecule has 1 amide bonds. The van der Waals surface area contributed by atoms with Crippen molar-refractivity contribution >= 4 is 49.4 Å². The van der Waals surface area contributed by atoms with E-state index in [9.17, 15) is 17.6 Å². The highest BCUT2D eigenvalue weighted by molar-refractivity contribution is 7.92. The van der Waals surface area contributed by atoms with Crippen molar-refractivity contribution in [2.24, 2.45) is 0 Å². The van der Waals surface area contributed by atoms with Crippen molar-refractivity contribution in [2.45, 2.75) is 6.92 Å². The molecule has 2 heterocycles. The third kappa shape index (κ3) is 5.20. The standard InChI is InChI=1S/C32H27FN4O6S/c1-4-44(39,40)37-25-16-27-22(29(31(38)35-2)30(42-27)17-5-8-19(33)9-6-17)15-21(25)18-7-12-26(41-3)23(13-18)32-36-24-11-10-20(34)14-28(24)43-32/h5-16,37H,4,34H2,1-3H3,(H,35,38). The summed E-state index contributed by atoms with van der Waals surface area (Å²) in [6.07, 6.45) is 0. The van der Waals surface area contributed by atoms with Crippen LogP contribution < -0.4 is 20.5 Å². The van der Waals surface area contributed by atoms with Crippen LogP contribution in [0.2, 0.25) is 0 Å². The first-order chi connectivity index (χ1) is 21.1. The third-order valence-corrected chi connectivity index (χ3v) is 8.48. The maximum Gasteiger partial charge on any atom is 0.255 e. The van der Waals surface area contributed by atoms with Gasteiger partial charge in [0, 0.05) is 41.4 Å². The Morgan fingerprint density at radius 1 is 0.955 bits per heavy atom. The van der Waals surface area contributed by atoms with Gasteiger partial charge in [-0.1, -0.05) is 6.07 Å². The van der Waals surface area contributed by atoms with Crippen molar-refractivity contribution in [3.8, 4) is 39.7 Å². The second-order valence-corrected chi connectivity index (χ2v) is 12.0. The van der Waals surface area contributed by atoms with Gasteiger partial charge >= 0.3 is 0 Å². The molecule has 0 unspecified atom stereocenters. The van der Waals surface area contributed by atoms with Gasteiger partial charge in [0.05, 0.1) is 29.7 Å². The molecule has 0 spiro atoms. The number of rotatable bonds is 8. The van der Waals surface area contributed by atoms with Gasteiger partial charge in [0.15, 0.2) is 5.58 Å². The van der Waals surface area contributed by atoms with Crippen molar-refractivity contribution in [3.63, 3.8) is 0 Å². The first-order valence-corrected chi connectivity index (χ1v) is 15.2. The summed E-state index contributed by atoms with van der Waals surface area (Å²) in [5.74, 6) is -0.0963. The Labute approximate surface area is 251 Å². The number of hydrogen-bond acceptors (Lipinski definition) is 8. The highest BCUT2D eigenvalue weighted by Crippen LogP contribution is 2.42. The Morgan fingerprint density at radius 2 is 1.70 bits per heavy atom. The van der Waals surface area contributed by atoms with E-state index in [-0.39, 0.29) is 34.2 Å². The molecular weight excluding hydrogens is 587 g/mol. The van der Waals surface area contributed by atoms with Gasteiger partial charge in [0.25, 0.3) is 5.91 Å². The van der Waals surface area contributed by atoms with Crippen LogP contribution in [0.15, 0.2) is 81.6 Å². The molecule has 224 valence electrons. The molecule has 12 heteroatoms. The number of nitrogens with two attached hydrogens (primary N) is 1. The van der Waals surface area contributed by atoms with Crippen LogP contribution in [0.5, 0.6) is 5.75 Å². The summed E-state index contributed by atoms with van der Waals surface area (Å²) in [6, 6.07) is 19.1. The molecule has 0 aliphatic carbocycles. The van der Waals surface area contributed by atoms with Gasteiger partial charge in [0.1, 0.15) is 28.4 Å². The number of carbonyl (C=O) groups excluding carboxylic acids is 1. The molecule has 44 heavy (non-hydrogen) atoms. The number of amides is 1. The Morgan fingerprint density at radius 3 is 2.41 bits per heavy atom. The highest BCUT2D eigenvalue weighted by atomic mass is 32.2. The van der Waals surface area contributed by atoms with Crippen LogP contribution in [0.3, 0.4) is 0 Å². The van der Waals surface area contributed by atoms with Crippen LogP contribution >= 0.6 is 0 Å². The first kappa shape index (κ1) is 28.7. The zero-order valence-corrected chi connectivity index (χ0v) is 24.7. The molecule has 6 rings (SSSR count). The van der Waals surface area contributed by atoms with E-state index in [1.54, 1.807) is 42.5 Å². The van der Waals surface area contributed by atoms with Crippen molar-refractivity contribution in [1.82, 2.24) is 10.3 Å². The minimum atomic E-state index is -3.73. The van der Waals surface area contributed by atoms with Gasteiger partial charge < -0.3 is 24.6 Å². The first-order valence-electron chi connectivity index (χ1n) is 13.5. The monoisotopic (exact) mass is 614 g/mol. The van der Waals surface area contributed by atoms with E-state index in [4.69, 9.17) is 19.3 Å². The lowest BCUT2D eigenvalue weighted by Crippen LogP contribution is -2.18. The van der Waals surface area contributed by atoms with Gasteiger partial charge in [-0.3, -0.25) is 9.52 Å². The van der Waals surface area contributed by atoms with Crippen LogP contribution in [0.1, 0.15) is 17.3 Å². The summed E-state index contributed by atoms with van der Waals surface area (Å²) in [5.41, 5.74) is 10.2. The van der Waals surface area contributed by atoms with E-state index < -0.39 is 21.7 Å². The number of nitrogens with one attached hydrogen (secondary N) is 2. The minimum Gasteiger partial charge on any atom is -0.496 e. The summed E-state index contributed by atoms with van der Waals surface area (Å²) in [5, 5.41) is 3.06. The Balaban J connectivity index is 1.61. The lowest BCUT2D eigenvalue weighted by atomic mass is 9.97. The average Bonchev–Trinajstić information content (AvgIpc) is 3.61. The number of benzene rings is 4. The average molecular weight is 615 g/mol. The summed E-state index contributed by atoms with van der Waals surface area (Å²) < 4.78 is 59.7. The molecule has 0 saturated heterocycles. The number of fused-ring (bicyclic) bond motifs is 2. The number of carbonyl (C=O) groups is 1. The van der Waals surface area contributed by atoms with Crippen LogP contribution in [0.4, 0.5) is 15.8 Å². The van der Waals surface area contributed by atoms with Crippen LogP contribution in [0.25, 0.3) is 56.0 Å². The Bertz CT molecular complexity index is 2170. The maximum atomic E-state index is 13.7. The number of sulfonamides is 1. The van der Waals surface area contributed by atoms with Crippen LogP contribution in [0, 0.1) is 5.82 Å². The number of anilines is 2. The van der Waals surface area contributed by atoms with Crippen molar-refractivity contribution in [2.75, 3.05) is 30.4 Å². The lowest BCUT2D eigenvalue weighted by Gasteiger charge is -2.14. The van der Waals surface area contributed by atoms with Gasteiger partial charge in [-0.2, -0.15) is 0 Å².